The molecule has 0 spiro atoms. The van der Waals surface area contributed by atoms with E-state index in [0.29, 0.717) is 5.91 Å². The third-order valence-electron chi connectivity index (χ3n) is 5.06. The Morgan fingerprint density at radius 1 is 1.19 bits per heavy atom. The molecule has 2 unspecified atom stereocenters. The molecule has 2 saturated heterocycles. The molecule has 0 saturated carbocycles. The van der Waals surface area contributed by atoms with Crippen LogP contribution in [0.3, 0.4) is 0 Å². The maximum absolute atomic E-state index is 12.7. The molecule has 150 valence electrons. The summed E-state index contributed by atoms with van der Waals surface area (Å²) in [5.74, 6) is -2.34. The third kappa shape index (κ3) is 7.05. The van der Waals surface area contributed by atoms with Gasteiger partial charge < -0.3 is 29.2 Å². The van der Waals surface area contributed by atoms with E-state index in [0.717, 1.165) is 51.3 Å². The van der Waals surface area contributed by atoms with E-state index in [1.165, 1.54) is 30.6 Å². The highest BCUT2D eigenvalue weighted by molar-refractivity contribution is 6.26. The monoisotopic (exact) mass is 380 g/mol. The van der Waals surface area contributed by atoms with Crippen LogP contribution in [0.4, 0.5) is 0 Å². The zero-order valence-electron chi connectivity index (χ0n) is 15.5. The van der Waals surface area contributed by atoms with Gasteiger partial charge >= 0.3 is 5.97 Å². The molecule has 1 amide bonds. The fourth-order valence-corrected chi connectivity index (χ4v) is 3.73. The van der Waals surface area contributed by atoms with Crippen LogP contribution in [0.5, 0.6) is 0 Å². The average Bonchev–Trinajstić information content (AvgIpc) is 3.01. The van der Waals surface area contributed by atoms with Crippen molar-refractivity contribution in [1.82, 2.24) is 4.90 Å². The molecular weight excluding hydrogens is 352 g/mol. The number of likely N-dealkylation sites (tertiary alicyclic amines) is 2. The number of aliphatic carboxylic acids is 2. The van der Waals surface area contributed by atoms with E-state index in [1.54, 1.807) is 6.26 Å². The zero-order chi connectivity index (χ0) is 19.6. The van der Waals surface area contributed by atoms with Gasteiger partial charge in [-0.15, -0.1) is 0 Å². The van der Waals surface area contributed by atoms with Gasteiger partial charge in [0.1, 0.15) is 6.54 Å². The Balaban J connectivity index is 0.000000380. The number of nitrogens with one attached hydrogen (secondary N) is 1. The number of furan rings is 1. The summed E-state index contributed by atoms with van der Waals surface area (Å²) in [5.41, 5.74) is 0. The van der Waals surface area contributed by atoms with Crippen molar-refractivity contribution < 1.29 is 33.9 Å². The minimum Gasteiger partial charge on any atom is -0.539 e. The first-order chi connectivity index (χ1) is 13.0. The SMILES string of the molecule is O=C(C1CCC[NH+](Cc2ccco2)C1)N1CCCCCC1.O=C([O-])C(=O)O. The predicted molar refractivity (Wildman–Crippen MR) is 93.5 cm³/mol. The van der Waals surface area contributed by atoms with Gasteiger partial charge in [0.2, 0.25) is 5.91 Å². The summed E-state index contributed by atoms with van der Waals surface area (Å²) < 4.78 is 5.45. The van der Waals surface area contributed by atoms with Gasteiger partial charge in [-0.3, -0.25) is 4.79 Å². The second-order valence-corrected chi connectivity index (χ2v) is 7.13. The Kier molecular flexibility index (Phi) is 8.32. The molecule has 1 aromatic heterocycles. The highest BCUT2D eigenvalue weighted by Gasteiger charge is 2.32. The number of piperidine rings is 1. The van der Waals surface area contributed by atoms with E-state index >= 15 is 0 Å². The molecule has 0 aliphatic carbocycles. The van der Waals surface area contributed by atoms with Gasteiger partial charge in [-0.1, -0.05) is 12.8 Å². The van der Waals surface area contributed by atoms with Crippen LogP contribution in [0, 0.1) is 5.92 Å². The topological polar surface area (TPSA) is 115 Å². The van der Waals surface area contributed by atoms with Crippen LogP contribution < -0.4 is 10.0 Å². The van der Waals surface area contributed by atoms with Crippen molar-refractivity contribution >= 4 is 17.8 Å². The lowest BCUT2D eigenvalue weighted by Gasteiger charge is -2.32. The largest absolute Gasteiger partial charge is 0.539 e. The van der Waals surface area contributed by atoms with Crippen LogP contribution in [-0.4, -0.2) is 54.0 Å². The fraction of sp³-hybridized carbons (Fsp3) is 0.632. The number of nitrogens with zero attached hydrogens (tertiary/aromatic N) is 1. The van der Waals surface area contributed by atoms with E-state index in [1.807, 2.05) is 12.1 Å². The van der Waals surface area contributed by atoms with Crippen molar-refractivity contribution in [1.29, 1.82) is 0 Å². The van der Waals surface area contributed by atoms with E-state index in [-0.39, 0.29) is 5.92 Å². The van der Waals surface area contributed by atoms with Crippen LogP contribution >= 0.6 is 0 Å². The molecular formula is C19H28N2O6. The third-order valence-corrected chi connectivity index (χ3v) is 5.06. The first kappa shape index (κ1) is 21.0. The number of rotatable bonds is 3. The second kappa shape index (κ2) is 10.7. The number of carbonyl (C=O) groups is 3. The van der Waals surface area contributed by atoms with Gasteiger partial charge in [-0.25, -0.2) is 4.79 Å². The highest BCUT2D eigenvalue weighted by Crippen LogP contribution is 2.16. The van der Waals surface area contributed by atoms with Crippen molar-refractivity contribution in [3.05, 3.63) is 24.2 Å². The number of carbonyl (C=O) groups excluding carboxylic acids is 2. The number of amides is 1. The van der Waals surface area contributed by atoms with Crippen molar-refractivity contribution in [2.75, 3.05) is 26.2 Å². The molecule has 3 rings (SSSR count). The number of hydrogen-bond acceptors (Lipinski definition) is 5. The summed E-state index contributed by atoms with van der Waals surface area (Å²) in [4.78, 5) is 34.4. The normalized spacial score (nSPS) is 22.9. The standard InChI is InChI=1S/C17H26N2O2.C2H2O4/c20-17(19-10-3-1-2-4-11-19)15-7-5-9-18(13-15)14-16-8-6-12-21-16;3-1(4)2(5)6/h6,8,12,15H,1-5,7,9-11,13-14H2;(H,3,4)(H,5,6). The van der Waals surface area contributed by atoms with Gasteiger partial charge in [-0.05, 0) is 37.8 Å². The van der Waals surface area contributed by atoms with Crippen LogP contribution in [0.25, 0.3) is 0 Å². The summed E-state index contributed by atoms with van der Waals surface area (Å²) in [6, 6.07) is 3.98. The van der Waals surface area contributed by atoms with Crippen molar-refractivity contribution in [3.63, 3.8) is 0 Å². The lowest BCUT2D eigenvalue weighted by molar-refractivity contribution is -0.922. The Morgan fingerprint density at radius 2 is 1.85 bits per heavy atom. The molecule has 1 aromatic rings. The Hall–Kier alpha value is -2.35. The van der Waals surface area contributed by atoms with Crippen molar-refractivity contribution in [2.45, 2.75) is 45.1 Å². The van der Waals surface area contributed by atoms with Gasteiger partial charge in [0, 0.05) is 13.1 Å². The number of quaternary nitrogens is 1. The minimum absolute atomic E-state index is 0.224. The molecule has 3 heterocycles. The molecule has 0 aromatic carbocycles. The van der Waals surface area contributed by atoms with Crippen LogP contribution in [0.1, 0.15) is 44.3 Å². The zero-order valence-corrected chi connectivity index (χ0v) is 15.5. The Labute approximate surface area is 158 Å². The van der Waals surface area contributed by atoms with Gasteiger partial charge in [0.05, 0.1) is 25.3 Å². The summed E-state index contributed by atoms with van der Waals surface area (Å²) in [6.45, 7) is 4.99. The molecule has 2 N–H and O–H groups in total. The first-order valence-corrected chi connectivity index (χ1v) is 9.56. The van der Waals surface area contributed by atoms with Crippen LogP contribution in [-0.2, 0) is 20.9 Å². The molecule has 2 atom stereocenters. The number of carboxylic acids is 2. The van der Waals surface area contributed by atoms with E-state index in [9.17, 15) is 4.79 Å². The highest BCUT2D eigenvalue weighted by atomic mass is 16.4. The molecule has 0 radical (unpaired) electrons. The molecule has 8 nitrogen and oxygen atoms in total. The lowest BCUT2D eigenvalue weighted by atomic mass is 9.96. The predicted octanol–water partition coefficient (Wildman–Crippen LogP) is -0.702. The maximum atomic E-state index is 12.7. The minimum atomic E-state index is -2.07. The number of carboxylic acid groups (broad SMARTS) is 2. The molecule has 0 bridgehead atoms. The molecule has 2 fully saturated rings. The second-order valence-electron chi connectivity index (χ2n) is 7.13. The number of hydrogen-bond donors (Lipinski definition) is 2. The maximum Gasteiger partial charge on any atom is 0.351 e. The van der Waals surface area contributed by atoms with E-state index < -0.39 is 11.9 Å². The quantitative estimate of drug-likeness (QED) is 0.670. The van der Waals surface area contributed by atoms with Gasteiger partial charge in [0.25, 0.3) is 0 Å². The average molecular weight is 380 g/mol. The molecule has 2 aliphatic rings. The Bertz CT molecular complexity index is 596. The summed E-state index contributed by atoms with van der Waals surface area (Å²) >= 11 is 0. The molecule has 2 aliphatic heterocycles. The van der Waals surface area contributed by atoms with E-state index in [2.05, 4.69) is 4.90 Å². The van der Waals surface area contributed by atoms with E-state index in [4.69, 9.17) is 24.2 Å². The van der Waals surface area contributed by atoms with Gasteiger partial charge in [-0.2, -0.15) is 0 Å². The fourth-order valence-electron chi connectivity index (χ4n) is 3.73. The summed E-state index contributed by atoms with van der Waals surface area (Å²) in [5, 5.41) is 16.3. The van der Waals surface area contributed by atoms with Crippen LogP contribution in [0.2, 0.25) is 0 Å². The first-order valence-electron chi connectivity index (χ1n) is 9.56. The smallest absolute Gasteiger partial charge is 0.351 e. The van der Waals surface area contributed by atoms with Crippen molar-refractivity contribution in [2.24, 2.45) is 5.92 Å². The van der Waals surface area contributed by atoms with Crippen LogP contribution in [0.15, 0.2) is 22.8 Å². The van der Waals surface area contributed by atoms with Gasteiger partial charge in [0.15, 0.2) is 11.7 Å². The van der Waals surface area contributed by atoms with Crippen molar-refractivity contribution in [3.8, 4) is 0 Å². The molecule has 27 heavy (non-hydrogen) atoms. The summed E-state index contributed by atoms with van der Waals surface area (Å²) in [6.07, 6.45) is 8.88. The summed E-state index contributed by atoms with van der Waals surface area (Å²) in [7, 11) is 0. The Morgan fingerprint density at radius 3 is 2.41 bits per heavy atom. The molecule has 8 heteroatoms. The lowest BCUT2D eigenvalue weighted by Crippen LogP contribution is -3.12.